The van der Waals surface area contributed by atoms with Crippen molar-refractivity contribution >= 4 is 0 Å². The molecule has 1 aromatic carbocycles. The molecule has 0 radical (unpaired) electrons. The second-order valence-electron chi connectivity index (χ2n) is 5.87. The Labute approximate surface area is 117 Å². The van der Waals surface area contributed by atoms with Gasteiger partial charge in [0.15, 0.2) is 0 Å². The van der Waals surface area contributed by atoms with Crippen LogP contribution >= 0.6 is 0 Å². The van der Waals surface area contributed by atoms with E-state index >= 15 is 0 Å². The summed E-state index contributed by atoms with van der Waals surface area (Å²) in [6.45, 7) is 5.89. The molecule has 1 fully saturated rings. The zero-order valence-corrected chi connectivity index (χ0v) is 12.3. The van der Waals surface area contributed by atoms with Gasteiger partial charge >= 0.3 is 0 Å². The summed E-state index contributed by atoms with van der Waals surface area (Å²) in [5, 5.41) is 0. The molecular formula is C17H26O2. The lowest BCUT2D eigenvalue weighted by Crippen LogP contribution is -2.31. The van der Waals surface area contributed by atoms with Gasteiger partial charge in [0.05, 0.1) is 18.8 Å². The average molecular weight is 262 g/mol. The molecule has 1 aliphatic rings. The molecule has 0 N–H and O–H groups in total. The van der Waals surface area contributed by atoms with Gasteiger partial charge in [-0.1, -0.05) is 37.0 Å². The van der Waals surface area contributed by atoms with E-state index in [1.807, 2.05) is 12.1 Å². The third-order valence-electron chi connectivity index (χ3n) is 3.94. The lowest BCUT2D eigenvalue weighted by molar-refractivity contribution is -0.0591. The molecule has 0 saturated heterocycles. The first-order chi connectivity index (χ1) is 9.18. The van der Waals surface area contributed by atoms with E-state index in [2.05, 4.69) is 26.0 Å². The molecule has 0 aromatic heterocycles. The Morgan fingerprint density at radius 3 is 2.37 bits per heavy atom. The molecule has 1 aliphatic carbocycles. The van der Waals surface area contributed by atoms with E-state index in [0.717, 1.165) is 25.4 Å². The van der Waals surface area contributed by atoms with Gasteiger partial charge in [0.25, 0.3) is 0 Å². The molecule has 0 bridgehead atoms. The minimum absolute atomic E-state index is 0.127. The van der Waals surface area contributed by atoms with E-state index in [1.165, 1.54) is 37.7 Å². The quantitative estimate of drug-likeness (QED) is 0.703. The normalized spacial score (nSPS) is 18.2. The monoisotopic (exact) mass is 262 g/mol. The van der Waals surface area contributed by atoms with Crippen molar-refractivity contribution in [3.8, 4) is 5.75 Å². The second kappa shape index (κ2) is 6.95. The topological polar surface area (TPSA) is 18.5 Å². The second-order valence-corrected chi connectivity index (χ2v) is 5.87. The van der Waals surface area contributed by atoms with Crippen LogP contribution in [0.1, 0.15) is 51.0 Å². The number of hydrogen-bond acceptors (Lipinski definition) is 2. The molecule has 1 aromatic rings. The van der Waals surface area contributed by atoms with E-state index in [-0.39, 0.29) is 5.60 Å². The number of hydrogen-bond donors (Lipinski definition) is 0. The number of ether oxygens (including phenoxy) is 2. The van der Waals surface area contributed by atoms with Gasteiger partial charge in [0, 0.05) is 6.42 Å². The molecular weight excluding hydrogens is 236 g/mol. The van der Waals surface area contributed by atoms with Gasteiger partial charge in [0.1, 0.15) is 5.75 Å². The minimum atomic E-state index is 0.127. The number of benzene rings is 1. The van der Waals surface area contributed by atoms with Crippen LogP contribution in [0.15, 0.2) is 24.3 Å². The van der Waals surface area contributed by atoms with Gasteiger partial charge in [-0.2, -0.15) is 0 Å². The first-order valence-electron chi connectivity index (χ1n) is 7.51. The van der Waals surface area contributed by atoms with E-state index in [1.54, 1.807) is 0 Å². The largest absolute Gasteiger partial charge is 0.494 e. The molecule has 19 heavy (non-hydrogen) atoms. The van der Waals surface area contributed by atoms with Crippen molar-refractivity contribution in [2.75, 3.05) is 13.2 Å². The van der Waals surface area contributed by atoms with E-state index in [4.69, 9.17) is 9.47 Å². The van der Waals surface area contributed by atoms with Gasteiger partial charge in [-0.15, -0.1) is 0 Å². The Morgan fingerprint density at radius 2 is 1.68 bits per heavy atom. The van der Waals surface area contributed by atoms with Crippen LogP contribution in [0.3, 0.4) is 0 Å². The van der Waals surface area contributed by atoms with Crippen molar-refractivity contribution in [3.63, 3.8) is 0 Å². The Hall–Kier alpha value is -1.02. The summed E-state index contributed by atoms with van der Waals surface area (Å²) >= 11 is 0. The summed E-state index contributed by atoms with van der Waals surface area (Å²) in [6, 6.07) is 8.21. The molecule has 1 saturated carbocycles. The van der Waals surface area contributed by atoms with Crippen molar-refractivity contribution in [1.29, 1.82) is 0 Å². The molecule has 0 unspecified atom stereocenters. The Kier molecular flexibility index (Phi) is 5.26. The van der Waals surface area contributed by atoms with Crippen LogP contribution < -0.4 is 4.74 Å². The SMILES string of the molecule is Cc1ccc(OCCCOC2(C)CCCCC2)cc1. The van der Waals surface area contributed by atoms with E-state index in [0.29, 0.717) is 0 Å². The van der Waals surface area contributed by atoms with Crippen molar-refractivity contribution < 1.29 is 9.47 Å². The van der Waals surface area contributed by atoms with Crippen molar-refractivity contribution in [3.05, 3.63) is 29.8 Å². The first-order valence-corrected chi connectivity index (χ1v) is 7.51. The summed E-state index contributed by atoms with van der Waals surface area (Å²) < 4.78 is 11.8. The lowest BCUT2D eigenvalue weighted by atomic mass is 9.86. The Bertz CT molecular complexity index is 363. The lowest BCUT2D eigenvalue weighted by Gasteiger charge is -2.33. The summed E-state index contributed by atoms with van der Waals surface area (Å²) in [5.74, 6) is 0.953. The fraction of sp³-hybridized carbons (Fsp3) is 0.647. The first kappa shape index (κ1) is 14.4. The summed E-state index contributed by atoms with van der Waals surface area (Å²) in [4.78, 5) is 0. The smallest absolute Gasteiger partial charge is 0.119 e. The highest BCUT2D eigenvalue weighted by Crippen LogP contribution is 2.30. The maximum Gasteiger partial charge on any atom is 0.119 e. The molecule has 0 atom stereocenters. The third kappa shape index (κ3) is 4.87. The molecule has 2 nitrogen and oxygen atoms in total. The molecule has 0 aliphatic heterocycles. The van der Waals surface area contributed by atoms with E-state index < -0.39 is 0 Å². The maximum absolute atomic E-state index is 6.05. The van der Waals surface area contributed by atoms with Crippen molar-refractivity contribution in [2.24, 2.45) is 0 Å². The average Bonchev–Trinajstić information content (AvgIpc) is 2.41. The fourth-order valence-corrected chi connectivity index (χ4v) is 2.65. The molecule has 2 heteroatoms. The molecule has 0 amide bonds. The summed E-state index contributed by atoms with van der Waals surface area (Å²) in [5.41, 5.74) is 1.39. The highest BCUT2D eigenvalue weighted by molar-refractivity contribution is 5.26. The van der Waals surface area contributed by atoms with Gasteiger partial charge in [-0.05, 0) is 38.8 Å². The fourth-order valence-electron chi connectivity index (χ4n) is 2.65. The van der Waals surface area contributed by atoms with Crippen LogP contribution in [0.5, 0.6) is 5.75 Å². The van der Waals surface area contributed by atoms with Crippen LogP contribution in [0.4, 0.5) is 0 Å². The standard InChI is InChI=1S/C17H26O2/c1-15-7-9-16(10-8-15)18-13-6-14-19-17(2)11-4-3-5-12-17/h7-10H,3-6,11-14H2,1-2H3. The highest BCUT2D eigenvalue weighted by atomic mass is 16.5. The number of aryl methyl sites for hydroxylation is 1. The predicted molar refractivity (Wildman–Crippen MR) is 78.7 cm³/mol. The molecule has 0 spiro atoms. The Balaban J connectivity index is 1.60. The molecule has 106 valence electrons. The van der Waals surface area contributed by atoms with Crippen LogP contribution in [0.25, 0.3) is 0 Å². The van der Waals surface area contributed by atoms with Gasteiger partial charge in [-0.3, -0.25) is 0 Å². The number of rotatable bonds is 6. The summed E-state index contributed by atoms with van der Waals surface area (Å²) in [6.07, 6.45) is 7.39. The predicted octanol–water partition coefficient (Wildman–Crippen LogP) is 4.50. The summed E-state index contributed by atoms with van der Waals surface area (Å²) in [7, 11) is 0. The molecule has 2 rings (SSSR count). The van der Waals surface area contributed by atoms with E-state index in [9.17, 15) is 0 Å². The highest BCUT2D eigenvalue weighted by Gasteiger charge is 2.26. The van der Waals surface area contributed by atoms with Gasteiger partial charge in [0.2, 0.25) is 0 Å². The molecule has 0 heterocycles. The van der Waals surface area contributed by atoms with Crippen LogP contribution in [-0.4, -0.2) is 18.8 Å². The maximum atomic E-state index is 6.05. The van der Waals surface area contributed by atoms with Crippen molar-refractivity contribution in [2.45, 2.75) is 58.0 Å². The van der Waals surface area contributed by atoms with Crippen LogP contribution in [0, 0.1) is 6.92 Å². The van der Waals surface area contributed by atoms with Crippen LogP contribution in [0.2, 0.25) is 0 Å². The zero-order valence-electron chi connectivity index (χ0n) is 12.3. The zero-order chi connectivity index (χ0) is 13.6. The van der Waals surface area contributed by atoms with Gasteiger partial charge < -0.3 is 9.47 Å². The van der Waals surface area contributed by atoms with Gasteiger partial charge in [-0.25, -0.2) is 0 Å². The van der Waals surface area contributed by atoms with Crippen molar-refractivity contribution in [1.82, 2.24) is 0 Å². The minimum Gasteiger partial charge on any atom is -0.494 e. The Morgan fingerprint density at radius 1 is 1.00 bits per heavy atom. The van der Waals surface area contributed by atoms with Crippen LogP contribution in [-0.2, 0) is 4.74 Å². The third-order valence-corrected chi connectivity index (χ3v) is 3.94.